The van der Waals surface area contributed by atoms with E-state index in [1.165, 1.54) is 24.8 Å². The maximum Gasteiger partial charge on any atom is 0.126 e. The van der Waals surface area contributed by atoms with Crippen molar-refractivity contribution in [2.45, 2.75) is 32.2 Å². The monoisotopic (exact) mass is 334 g/mol. The van der Waals surface area contributed by atoms with E-state index in [0.717, 1.165) is 37.7 Å². The largest absolute Gasteiger partial charge is 0.314 e. The highest BCUT2D eigenvalue weighted by atomic mass is 35.5. The van der Waals surface area contributed by atoms with Crippen LogP contribution in [0.25, 0.3) is 0 Å². The number of nitrogens with zero attached hydrogens (tertiary/aromatic N) is 1. The van der Waals surface area contributed by atoms with E-state index in [-0.39, 0.29) is 30.6 Å². The summed E-state index contributed by atoms with van der Waals surface area (Å²) in [6.07, 6.45) is 4.00. The van der Waals surface area contributed by atoms with Gasteiger partial charge in [-0.05, 0) is 36.5 Å². The van der Waals surface area contributed by atoms with Gasteiger partial charge in [-0.25, -0.2) is 4.39 Å². The summed E-state index contributed by atoms with van der Waals surface area (Å²) in [5.41, 5.74) is 2.07. The predicted molar refractivity (Wildman–Crippen MR) is 90.2 cm³/mol. The molecular weight excluding hydrogens is 310 g/mol. The summed E-state index contributed by atoms with van der Waals surface area (Å²) in [5, 5.41) is 3.41. The molecule has 0 radical (unpaired) electrons. The van der Waals surface area contributed by atoms with E-state index < -0.39 is 0 Å². The Balaban J connectivity index is 0.00000110. The second kappa shape index (κ2) is 8.33. The Bertz CT molecular complexity index is 446. The Morgan fingerprint density at radius 1 is 1.24 bits per heavy atom. The molecule has 1 saturated carbocycles. The van der Waals surface area contributed by atoms with Gasteiger partial charge in [0.1, 0.15) is 5.82 Å². The van der Waals surface area contributed by atoms with Gasteiger partial charge in [-0.15, -0.1) is 24.8 Å². The van der Waals surface area contributed by atoms with Crippen LogP contribution in [0.3, 0.4) is 0 Å². The van der Waals surface area contributed by atoms with Crippen molar-refractivity contribution in [2.75, 3.05) is 26.2 Å². The molecule has 1 aliphatic carbocycles. The minimum atomic E-state index is -0.0887. The Morgan fingerprint density at radius 3 is 2.48 bits per heavy atom. The van der Waals surface area contributed by atoms with E-state index in [9.17, 15) is 4.39 Å². The Hall–Kier alpha value is -0.350. The Kier molecular flexibility index (Phi) is 7.41. The van der Waals surface area contributed by atoms with Crippen molar-refractivity contribution in [3.05, 3.63) is 35.1 Å². The van der Waals surface area contributed by atoms with E-state index in [2.05, 4.69) is 10.2 Å². The maximum atomic E-state index is 13.5. The van der Waals surface area contributed by atoms with Crippen LogP contribution in [0.1, 0.15) is 36.4 Å². The van der Waals surface area contributed by atoms with Crippen LogP contribution in [0.2, 0.25) is 0 Å². The van der Waals surface area contributed by atoms with Gasteiger partial charge in [0.15, 0.2) is 0 Å². The van der Waals surface area contributed by atoms with Crippen LogP contribution in [-0.4, -0.2) is 31.1 Å². The summed E-state index contributed by atoms with van der Waals surface area (Å²) in [4.78, 5) is 2.57. The lowest BCUT2D eigenvalue weighted by molar-refractivity contribution is 0.160. The number of hydrogen-bond donors (Lipinski definition) is 1. The fourth-order valence-electron chi connectivity index (χ4n) is 3.03. The molecule has 1 heterocycles. The normalized spacial score (nSPS) is 20.3. The average Bonchev–Trinajstić information content (AvgIpc) is 3.24. The van der Waals surface area contributed by atoms with Gasteiger partial charge in [-0.2, -0.15) is 0 Å². The van der Waals surface area contributed by atoms with Gasteiger partial charge >= 0.3 is 0 Å². The van der Waals surface area contributed by atoms with Gasteiger partial charge in [0.2, 0.25) is 0 Å². The van der Waals surface area contributed by atoms with Crippen LogP contribution in [0.5, 0.6) is 0 Å². The molecule has 0 bridgehead atoms. The Morgan fingerprint density at radius 2 is 1.90 bits per heavy atom. The third-order valence-corrected chi connectivity index (χ3v) is 4.41. The van der Waals surface area contributed by atoms with Crippen molar-refractivity contribution in [1.82, 2.24) is 10.2 Å². The topological polar surface area (TPSA) is 15.3 Å². The number of hydrogen-bond acceptors (Lipinski definition) is 2. The van der Waals surface area contributed by atoms with Crippen LogP contribution in [-0.2, 0) is 0 Å². The van der Waals surface area contributed by atoms with Crippen LogP contribution < -0.4 is 5.32 Å². The molecule has 1 atom stereocenters. The second-order valence-electron chi connectivity index (χ2n) is 5.99. The number of aryl methyl sites for hydroxylation is 1. The molecule has 1 saturated heterocycles. The first kappa shape index (κ1) is 18.7. The first-order chi connectivity index (χ1) is 9.24. The van der Waals surface area contributed by atoms with Crippen molar-refractivity contribution >= 4 is 24.8 Å². The zero-order chi connectivity index (χ0) is 13.2. The first-order valence-corrected chi connectivity index (χ1v) is 7.45. The molecule has 1 N–H and O–H groups in total. The van der Waals surface area contributed by atoms with Crippen LogP contribution in [0.15, 0.2) is 18.2 Å². The molecule has 0 spiro atoms. The SMILES string of the molecule is Cc1cc([C@@H](CC2CC2)N2CCNCC2)ccc1F.Cl.Cl. The van der Waals surface area contributed by atoms with Gasteiger partial charge in [-0.3, -0.25) is 4.90 Å². The van der Waals surface area contributed by atoms with Gasteiger partial charge in [0, 0.05) is 32.2 Å². The quantitative estimate of drug-likeness (QED) is 0.902. The molecule has 0 unspecified atom stereocenters. The van der Waals surface area contributed by atoms with Crippen molar-refractivity contribution < 1.29 is 4.39 Å². The zero-order valence-corrected chi connectivity index (χ0v) is 14.1. The molecule has 1 aromatic carbocycles. The van der Waals surface area contributed by atoms with E-state index in [1.54, 1.807) is 6.07 Å². The molecule has 2 nitrogen and oxygen atoms in total. The summed E-state index contributed by atoms with van der Waals surface area (Å²) < 4.78 is 13.5. The van der Waals surface area contributed by atoms with Crippen molar-refractivity contribution in [2.24, 2.45) is 5.92 Å². The zero-order valence-electron chi connectivity index (χ0n) is 12.5. The van der Waals surface area contributed by atoms with Gasteiger partial charge in [-0.1, -0.05) is 25.0 Å². The lowest BCUT2D eigenvalue weighted by atomic mass is 9.97. The molecule has 0 aromatic heterocycles. The third kappa shape index (κ3) is 4.82. The minimum absolute atomic E-state index is 0. The van der Waals surface area contributed by atoms with Crippen molar-refractivity contribution in [1.29, 1.82) is 0 Å². The summed E-state index contributed by atoms with van der Waals surface area (Å²) in [5.74, 6) is 0.805. The molecule has 5 heteroatoms. The summed E-state index contributed by atoms with van der Waals surface area (Å²) >= 11 is 0. The first-order valence-electron chi connectivity index (χ1n) is 7.45. The summed E-state index contributed by atoms with van der Waals surface area (Å²) in [6.45, 7) is 6.22. The number of nitrogens with one attached hydrogen (secondary N) is 1. The van der Waals surface area contributed by atoms with Gasteiger partial charge in [0.05, 0.1) is 0 Å². The van der Waals surface area contributed by atoms with Crippen molar-refractivity contribution in [3.63, 3.8) is 0 Å². The standard InChI is InChI=1S/C16H23FN2.2ClH/c1-12-10-14(4-5-15(12)17)16(11-13-2-3-13)19-8-6-18-7-9-19;;/h4-5,10,13,16,18H,2-3,6-9,11H2,1H3;2*1H/t16-;;/m1../s1. The molecule has 1 aliphatic heterocycles. The molecule has 21 heavy (non-hydrogen) atoms. The fraction of sp³-hybridized carbons (Fsp3) is 0.625. The Labute approximate surface area is 139 Å². The van der Waals surface area contributed by atoms with Gasteiger partial charge in [0.25, 0.3) is 0 Å². The summed E-state index contributed by atoms with van der Waals surface area (Å²) in [7, 11) is 0. The van der Waals surface area contributed by atoms with Crippen LogP contribution in [0.4, 0.5) is 4.39 Å². The number of rotatable bonds is 4. The van der Waals surface area contributed by atoms with Crippen LogP contribution in [0, 0.1) is 18.7 Å². The highest BCUT2D eigenvalue weighted by Gasteiger charge is 2.30. The van der Waals surface area contributed by atoms with E-state index >= 15 is 0 Å². The molecule has 2 fully saturated rings. The molecular formula is C16H25Cl2FN2. The smallest absolute Gasteiger partial charge is 0.126 e. The molecule has 3 rings (SSSR count). The molecule has 1 aromatic rings. The summed E-state index contributed by atoms with van der Waals surface area (Å²) in [6, 6.07) is 6.14. The van der Waals surface area contributed by atoms with E-state index in [1.807, 2.05) is 19.1 Å². The molecule has 2 aliphatic rings. The predicted octanol–water partition coefficient (Wildman–Crippen LogP) is 3.72. The number of halogens is 3. The maximum absolute atomic E-state index is 13.5. The number of benzene rings is 1. The average molecular weight is 335 g/mol. The highest BCUT2D eigenvalue weighted by molar-refractivity contribution is 5.85. The number of piperazine rings is 1. The van der Waals surface area contributed by atoms with Crippen LogP contribution >= 0.6 is 24.8 Å². The lowest BCUT2D eigenvalue weighted by Gasteiger charge is -2.35. The molecule has 0 amide bonds. The lowest BCUT2D eigenvalue weighted by Crippen LogP contribution is -2.45. The third-order valence-electron chi connectivity index (χ3n) is 4.41. The fourth-order valence-corrected chi connectivity index (χ4v) is 3.03. The van der Waals surface area contributed by atoms with E-state index in [4.69, 9.17) is 0 Å². The second-order valence-corrected chi connectivity index (χ2v) is 5.99. The minimum Gasteiger partial charge on any atom is -0.314 e. The van der Waals surface area contributed by atoms with Gasteiger partial charge < -0.3 is 5.32 Å². The van der Waals surface area contributed by atoms with E-state index in [0.29, 0.717) is 6.04 Å². The highest BCUT2D eigenvalue weighted by Crippen LogP contribution is 2.40. The molecule has 120 valence electrons. The van der Waals surface area contributed by atoms with Crippen molar-refractivity contribution in [3.8, 4) is 0 Å².